The molecular weight excluding hydrogens is 2450 g/mol. The first kappa shape index (κ1) is 71.6. The molecule has 2 fully saturated rings. The third-order valence-corrected chi connectivity index (χ3v) is 682. The summed E-state index contributed by atoms with van der Waals surface area (Å²) >= 11 is 39.6. The fourth-order valence-electron chi connectivity index (χ4n) is 14.7. The van der Waals surface area contributed by atoms with Crippen molar-refractivity contribution in [3.63, 3.8) is 0 Å². The van der Waals surface area contributed by atoms with Crippen LogP contribution in [0.2, 0.25) is 15.1 Å². The van der Waals surface area contributed by atoms with Gasteiger partial charge < -0.3 is 14.7 Å². The molecule has 0 radical (unpaired) electrons. The van der Waals surface area contributed by atoms with E-state index in [1.54, 1.807) is 11.6 Å². The molecule has 0 N–H and O–H groups in total. The van der Waals surface area contributed by atoms with Gasteiger partial charge in [0.15, 0.2) is 0 Å². The maximum atomic E-state index is 6.93. The number of fused-ring (bicyclic) bond motifs is 8. The Hall–Kier alpha value is 4.35. The molecule has 4 unspecified atom stereocenters. The summed E-state index contributed by atoms with van der Waals surface area (Å²) < 4.78 is 0. The van der Waals surface area contributed by atoms with E-state index in [-0.39, 0.29) is 72.3 Å². The van der Waals surface area contributed by atoms with Crippen molar-refractivity contribution in [1.82, 2.24) is 0 Å². The maximum absolute atomic E-state index is 6.93. The number of hydrogen-bond acceptors (Lipinski definition) is 3. The van der Waals surface area contributed by atoms with Crippen LogP contribution < -0.4 is 14.7 Å². The van der Waals surface area contributed by atoms with Gasteiger partial charge in [0.2, 0.25) is 0 Å². The van der Waals surface area contributed by atoms with Crippen LogP contribution in [-0.2, 0) is 28.1 Å². The Kier molecular flexibility index (Phi) is 24.3. The molecule has 6 aromatic carbocycles. The third-order valence-electron chi connectivity index (χ3n) is 20.8. The van der Waals surface area contributed by atoms with Crippen LogP contribution >= 0.6 is 205 Å². The summed E-state index contributed by atoms with van der Waals surface area (Å²) in [5.74, 6) is 0. The van der Waals surface area contributed by atoms with E-state index >= 15 is 0 Å². The first-order valence-electron chi connectivity index (χ1n) is 28.0. The van der Waals surface area contributed by atoms with E-state index in [9.17, 15) is 0 Å². The molecule has 0 aromatic heterocycles. The minimum atomic E-state index is -0.380. The van der Waals surface area contributed by atoms with Gasteiger partial charge in [-0.25, -0.2) is 0 Å². The van der Waals surface area contributed by atoms with Gasteiger partial charge in [-0.05, 0) is 153 Å². The van der Waals surface area contributed by atoms with Crippen molar-refractivity contribution in [3.05, 3.63) is 176 Å². The number of hydrogen-bond donors (Lipinski definition) is 0. The van der Waals surface area contributed by atoms with Gasteiger partial charge in [-0.3, -0.25) is 0 Å². The van der Waals surface area contributed by atoms with Crippen LogP contribution in [0, 0.1) is 5.41 Å². The van der Waals surface area contributed by atoms with Gasteiger partial charge in [0.25, 0.3) is 0 Å². The Morgan fingerprint density at radius 1 is 0.373 bits per heavy atom. The number of para-hydroxylation sites is 3. The van der Waals surface area contributed by atoms with E-state index in [0.29, 0.717) is 20.9 Å². The monoisotopic (exact) mass is 2530 g/mol. The molecule has 0 saturated heterocycles. The number of benzene rings is 6. The van der Waals surface area contributed by atoms with Crippen molar-refractivity contribution in [1.29, 1.82) is 0 Å². The third kappa shape index (κ3) is 13.5. The van der Waals surface area contributed by atoms with Crippen LogP contribution in [-0.4, -0.2) is 16.6 Å². The normalized spacial score (nSPS) is 25.9. The zero-order chi connectivity index (χ0) is 60.6. The van der Waals surface area contributed by atoms with E-state index in [1.165, 1.54) is 108 Å². The Bertz CT molecular complexity index is 3310. The zero-order valence-electron chi connectivity index (χ0n) is 49.1. The molecule has 3 heterocycles. The quantitative estimate of drug-likeness (QED) is 0.148. The molecule has 3 aliphatic heterocycles. The predicted octanol–water partition coefficient (Wildman–Crippen LogP) is 30.2. The van der Waals surface area contributed by atoms with Crippen molar-refractivity contribution in [3.8, 4) is 0 Å². The first-order chi connectivity index (χ1) is 38.8. The molecule has 0 spiro atoms. The molecule has 6 aliphatic rings. The summed E-state index contributed by atoms with van der Waals surface area (Å²) in [7, 11) is -1.71. The van der Waals surface area contributed by atoms with Crippen molar-refractivity contribution in [2.24, 2.45) is 5.41 Å². The fraction of sp³-hybridized carbons (Fsp3) is 0.446. The van der Waals surface area contributed by atoms with Gasteiger partial charge in [-0.15, -0.1) is 0 Å². The Balaban J connectivity index is 0.000000148. The summed E-state index contributed by atoms with van der Waals surface area (Å²) in [4.78, 5) is 7.62. The number of halogens is 15. The van der Waals surface area contributed by atoms with Crippen molar-refractivity contribution in [2.75, 3.05) is 14.7 Å². The Labute approximate surface area is 601 Å². The van der Waals surface area contributed by atoms with E-state index in [1.807, 2.05) is 12.1 Å². The molecule has 0 amide bonds. The summed E-state index contributed by atoms with van der Waals surface area (Å²) in [6.07, 6.45) is 11.2. The average Bonchev–Trinajstić information content (AvgIpc) is 1.68. The molecule has 12 rings (SSSR count). The Morgan fingerprint density at radius 3 is 1.16 bits per heavy atom. The van der Waals surface area contributed by atoms with Crippen LogP contribution in [0.4, 0.5) is 34.1 Å². The van der Waals surface area contributed by atoms with E-state index in [0.717, 1.165) is 10.7 Å². The average molecular weight is 2530 g/mol. The van der Waals surface area contributed by atoms with Crippen LogP contribution in [0.15, 0.2) is 133 Å². The minimum absolute atomic E-state index is 0.000238. The fourth-order valence-corrected chi connectivity index (χ4v) is 1270. The van der Waals surface area contributed by atoms with E-state index in [2.05, 4.69) is 343 Å². The zero-order valence-corrected chi connectivity index (χ0v) is 77.2. The standard InChI is InChI=1S/C32H37ClN2.C20H21Cl2N.C13H18.I12/c1-29(2)25-13-7-9-15-27(25)34(30(29,3)4)23-19-22(33)20-24(21-23)35-28-16-10-8-14-26(28)31(5)17-11-12-18-32(31,35)6;1-19-9-5-6-10-20(19,2)23(18-8-4-3-7-17(18)19)16-12-14(21)11-15(22)13-16;1-12(2)9-10-7-5-6-8-11(10)13(12,3)4;1-8(2)10(5)12(7)11(6)9(3)4/h7-10,13-16,19-21H,11-12,17-18H2,1-6H3;3-4,7-8,11-13H,5-6,9-10H2,1-2H3;5-8H,9H2,1-4H3;. The number of nitrogens with zero attached hydrogens (tertiary/aromatic N) is 3. The second-order valence-electron chi connectivity index (χ2n) is 25.8. The molecule has 83 heavy (non-hydrogen) atoms. The Morgan fingerprint density at radius 2 is 0.723 bits per heavy atom. The van der Waals surface area contributed by atoms with Gasteiger partial charge in [0.1, 0.15) is 0 Å². The molecular formula is C65H76Cl3I12N3. The molecule has 18 heteroatoms. The van der Waals surface area contributed by atoms with Crippen LogP contribution in [0.1, 0.15) is 162 Å². The summed E-state index contributed by atoms with van der Waals surface area (Å²) in [5.41, 5.74) is 15.8. The predicted molar refractivity (Wildman–Crippen MR) is 474 cm³/mol. The van der Waals surface area contributed by atoms with Gasteiger partial charge in [0.05, 0.1) is 11.1 Å². The van der Waals surface area contributed by atoms with Crippen molar-refractivity contribution < 1.29 is 0 Å². The van der Waals surface area contributed by atoms with E-state index in [4.69, 9.17) is 34.8 Å². The second-order valence-corrected chi connectivity index (χ2v) is 271. The molecule has 3 aliphatic carbocycles. The van der Waals surface area contributed by atoms with Gasteiger partial charge in [-0.2, -0.15) is 0 Å². The second kappa shape index (κ2) is 28.2. The van der Waals surface area contributed by atoms with Gasteiger partial charge >= 0.3 is 170 Å². The first-order valence-corrected chi connectivity index (χ1v) is 98.3. The summed E-state index contributed by atoms with van der Waals surface area (Å²) in [6.45, 7) is 28.7. The summed E-state index contributed by atoms with van der Waals surface area (Å²) in [6, 6.07) is 48.2. The SMILES string of the molecule is CC1(C)Cc2ccccc2C1(C)C.CC1(C)c2ccccc2N(c2cc(Cl)cc(N3c4ccccc4C4(C)CCCCC34C)c2)C1(C)C.CC12CCCCC1(C)N(c1cc(Cl)cc(Cl)c1)c1ccccc12.II(I)I(I)I(I)I(I)I(I)I. The van der Waals surface area contributed by atoms with Crippen LogP contribution in [0.5, 0.6) is 0 Å². The number of rotatable bonds is 7. The van der Waals surface area contributed by atoms with Crippen molar-refractivity contribution >= 4 is 239 Å². The van der Waals surface area contributed by atoms with Crippen molar-refractivity contribution in [2.45, 2.75) is 179 Å². The van der Waals surface area contributed by atoms with Crippen LogP contribution in [0.25, 0.3) is 0 Å². The molecule has 4 atom stereocenters. The van der Waals surface area contributed by atoms with Crippen LogP contribution in [0.3, 0.4) is 0 Å². The molecule has 3 nitrogen and oxygen atoms in total. The molecule has 2 saturated carbocycles. The molecule has 6 aromatic rings. The van der Waals surface area contributed by atoms with E-state index < -0.39 is 0 Å². The topological polar surface area (TPSA) is 9.72 Å². The van der Waals surface area contributed by atoms with Gasteiger partial charge in [0, 0.05) is 71.0 Å². The molecule has 456 valence electrons. The van der Waals surface area contributed by atoms with Gasteiger partial charge in [-0.1, -0.05) is 195 Å². The summed E-state index contributed by atoms with van der Waals surface area (Å²) in [5, 5.41) is 2.18. The number of anilines is 6. The molecule has 0 bridgehead atoms.